The summed E-state index contributed by atoms with van der Waals surface area (Å²) < 4.78 is 14.4. The van der Waals surface area contributed by atoms with Crippen molar-refractivity contribution in [2.75, 3.05) is 0 Å². The molecule has 0 unspecified atom stereocenters. The van der Waals surface area contributed by atoms with E-state index in [-0.39, 0.29) is 6.15 Å². The fourth-order valence-corrected chi connectivity index (χ4v) is 1.41. The maximum atomic E-state index is 10.2. The Labute approximate surface area is 79.4 Å². The van der Waals surface area contributed by atoms with Crippen LogP contribution in [0.2, 0.25) is 0 Å². The van der Waals surface area contributed by atoms with E-state index in [0.29, 0.717) is 17.1 Å². The van der Waals surface area contributed by atoms with Gasteiger partial charge in [-0.05, 0) is 12.1 Å². The smallest absolute Gasteiger partial charge is 0.344 e. The van der Waals surface area contributed by atoms with E-state index in [1.54, 1.807) is 18.2 Å². The third-order valence-electron chi connectivity index (χ3n) is 0.857. The van der Waals surface area contributed by atoms with Gasteiger partial charge >= 0.3 is 7.82 Å². The second-order valence-corrected chi connectivity index (χ2v) is 3.98. The molecule has 0 aliphatic rings. The Kier molecular flexibility index (Phi) is 5.16. The molecule has 13 heavy (non-hydrogen) atoms. The molecule has 0 fully saturated rings. The van der Waals surface area contributed by atoms with Gasteiger partial charge < -0.3 is 15.9 Å². The molecule has 1 aromatic rings. The van der Waals surface area contributed by atoms with Crippen LogP contribution in [0.25, 0.3) is 0 Å². The maximum Gasteiger partial charge on any atom is 0.481 e. The first kappa shape index (κ1) is 12.6. The van der Waals surface area contributed by atoms with Gasteiger partial charge in [0.1, 0.15) is 5.03 Å². The summed E-state index contributed by atoms with van der Waals surface area (Å²) in [5, 5.41) is 0.404. The zero-order valence-corrected chi connectivity index (χ0v) is 8.24. The number of hydrogen-bond donors (Lipinski definition) is 3. The summed E-state index contributed by atoms with van der Waals surface area (Å²) in [6.07, 6.45) is 1.51. The van der Waals surface area contributed by atoms with Crippen LogP contribution in [0, 0.1) is 0 Å². The average molecular weight is 224 g/mol. The Balaban J connectivity index is 0.00000144. The molecular weight excluding hydrogens is 215 g/mol. The van der Waals surface area contributed by atoms with Crippen LogP contribution in [-0.4, -0.2) is 14.8 Å². The molecule has 0 radical (unpaired) electrons. The lowest BCUT2D eigenvalue weighted by atomic mass is 10.5. The van der Waals surface area contributed by atoms with Crippen molar-refractivity contribution in [3.05, 3.63) is 24.4 Å². The minimum absolute atomic E-state index is 0. The largest absolute Gasteiger partial charge is 0.481 e. The predicted molar refractivity (Wildman–Crippen MR) is 48.2 cm³/mol. The molecule has 0 aromatic carbocycles. The van der Waals surface area contributed by atoms with E-state index in [1.165, 1.54) is 6.20 Å². The van der Waals surface area contributed by atoms with Gasteiger partial charge in [0.05, 0.1) is 12.0 Å². The minimum atomic E-state index is -4.41. The Morgan fingerprint density at radius 2 is 2.15 bits per heavy atom. The molecule has 0 aliphatic carbocycles. The minimum Gasteiger partial charge on any atom is -0.344 e. The van der Waals surface area contributed by atoms with E-state index < -0.39 is 7.82 Å². The van der Waals surface area contributed by atoms with E-state index >= 15 is 0 Å². The summed E-state index contributed by atoms with van der Waals surface area (Å²) in [6.45, 7) is 0. The quantitative estimate of drug-likeness (QED) is 0.524. The van der Waals surface area contributed by atoms with Crippen molar-refractivity contribution in [3.63, 3.8) is 0 Å². The molecule has 8 heteroatoms. The molecule has 74 valence electrons. The Morgan fingerprint density at radius 3 is 2.62 bits per heavy atom. The van der Waals surface area contributed by atoms with Crippen molar-refractivity contribution >= 4 is 19.9 Å². The van der Waals surface area contributed by atoms with Crippen LogP contribution < -0.4 is 6.15 Å². The molecule has 0 aliphatic heterocycles. The standard InChI is InChI=1S/C5H6NO4PS.H3N/c7-11(8,9)10-12-5-3-1-2-4-6-5;/h1-4H,(H2,7,8,9);1H3. The van der Waals surface area contributed by atoms with Crippen LogP contribution in [0.5, 0.6) is 0 Å². The SMILES string of the molecule is N.O=P(O)(O)OSc1ccccn1. The fraction of sp³-hybridized carbons (Fsp3) is 0. The first-order valence-electron chi connectivity index (χ1n) is 2.91. The topological polar surface area (TPSA) is 115 Å². The summed E-state index contributed by atoms with van der Waals surface area (Å²) in [7, 11) is -4.41. The fourth-order valence-electron chi connectivity index (χ4n) is 0.483. The van der Waals surface area contributed by atoms with Gasteiger partial charge in [0.25, 0.3) is 0 Å². The number of aromatic nitrogens is 1. The Hall–Kier alpha value is -0.430. The second kappa shape index (κ2) is 5.33. The molecule has 0 saturated heterocycles. The molecule has 1 rings (SSSR count). The van der Waals surface area contributed by atoms with Gasteiger partial charge in [-0.2, -0.15) is 0 Å². The van der Waals surface area contributed by atoms with Crippen LogP contribution in [0.4, 0.5) is 0 Å². The lowest BCUT2D eigenvalue weighted by Crippen LogP contribution is -1.80. The number of nitrogens with zero attached hydrogens (tertiary/aromatic N) is 1. The molecular formula is C5H9N2O4PS. The molecule has 1 heterocycles. The Morgan fingerprint density at radius 1 is 1.46 bits per heavy atom. The third kappa shape index (κ3) is 5.75. The van der Waals surface area contributed by atoms with E-state index in [9.17, 15) is 4.57 Å². The summed E-state index contributed by atoms with van der Waals surface area (Å²) in [4.78, 5) is 20.4. The highest BCUT2D eigenvalue weighted by Crippen LogP contribution is 2.42. The first-order chi connectivity index (χ1) is 5.58. The van der Waals surface area contributed by atoms with Crippen molar-refractivity contribution in [2.24, 2.45) is 0 Å². The molecule has 6 nitrogen and oxygen atoms in total. The molecule has 0 atom stereocenters. The van der Waals surface area contributed by atoms with E-state index in [2.05, 4.69) is 8.95 Å². The number of pyridine rings is 1. The van der Waals surface area contributed by atoms with Gasteiger partial charge in [-0.3, -0.25) is 0 Å². The predicted octanol–water partition coefficient (Wildman–Crippen LogP) is 1.36. The first-order valence-corrected chi connectivity index (χ1v) is 5.18. The van der Waals surface area contributed by atoms with Crippen LogP contribution in [0.15, 0.2) is 29.4 Å². The summed E-state index contributed by atoms with van der Waals surface area (Å²) >= 11 is 0.553. The highest BCUT2D eigenvalue weighted by atomic mass is 32.2. The molecule has 0 bridgehead atoms. The van der Waals surface area contributed by atoms with E-state index in [4.69, 9.17) is 9.79 Å². The monoisotopic (exact) mass is 224 g/mol. The van der Waals surface area contributed by atoms with Crippen LogP contribution in [0.3, 0.4) is 0 Å². The van der Waals surface area contributed by atoms with Crippen molar-refractivity contribution in [1.82, 2.24) is 11.1 Å². The molecule has 5 N–H and O–H groups in total. The lowest BCUT2D eigenvalue weighted by Gasteiger charge is -2.01. The van der Waals surface area contributed by atoms with Gasteiger partial charge in [0.15, 0.2) is 0 Å². The highest BCUT2D eigenvalue weighted by Gasteiger charge is 2.15. The lowest BCUT2D eigenvalue weighted by molar-refractivity contribution is 0.298. The molecule has 0 amide bonds. The van der Waals surface area contributed by atoms with Crippen molar-refractivity contribution in [2.45, 2.75) is 5.03 Å². The molecule has 1 aromatic heterocycles. The van der Waals surface area contributed by atoms with Gasteiger partial charge in [-0.15, -0.1) is 0 Å². The van der Waals surface area contributed by atoms with Crippen molar-refractivity contribution in [3.8, 4) is 0 Å². The van der Waals surface area contributed by atoms with Crippen molar-refractivity contribution < 1.29 is 18.3 Å². The van der Waals surface area contributed by atoms with E-state index in [0.717, 1.165) is 0 Å². The summed E-state index contributed by atoms with van der Waals surface area (Å²) in [5.41, 5.74) is 0. The average Bonchev–Trinajstić information content (AvgIpc) is 2.02. The third-order valence-corrected chi connectivity index (χ3v) is 2.34. The van der Waals surface area contributed by atoms with Crippen LogP contribution in [0.1, 0.15) is 0 Å². The molecule has 0 saturated carbocycles. The second-order valence-electron chi connectivity index (χ2n) is 1.82. The summed E-state index contributed by atoms with van der Waals surface area (Å²) in [5.74, 6) is 0. The Bertz CT molecular complexity index is 290. The van der Waals surface area contributed by atoms with Crippen LogP contribution in [-0.2, 0) is 8.54 Å². The highest BCUT2D eigenvalue weighted by molar-refractivity contribution is 7.97. The van der Waals surface area contributed by atoms with Gasteiger partial charge in [0, 0.05) is 6.20 Å². The number of rotatable bonds is 3. The van der Waals surface area contributed by atoms with Crippen molar-refractivity contribution in [1.29, 1.82) is 0 Å². The number of phosphoric acid groups is 1. The van der Waals surface area contributed by atoms with E-state index in [1.807, 2.05) is 0 Å². The van der Waals surface area contributed by atoms with Gasteiger partial charge in [-0.25, -0.2) is 13.5 Å². The molecule has 0 spiro atoms. The summed E-state index contributed by atoms with van der Waals surface area (Å²) in [6, 6.07) is 4.97. The van der Waals surface area contributed by atoms with Gasteiger partial charge in [-0.1, -0.05) is 6.07 Å². The maximum absolute atomic E-state index is 10.2. The zero-order valence-electron chi connectivity index (χ0n) is 6.53. The zero-order chi connectivity index (χ0) is 9.03. The normalized spacial score (nSPS) is 10.6. The number of hydrogen-bond acceptors (Lipinski definition) is 5. The van der Waals surface area contributed by atoms with Gasteiger partial charge in [0.2, 0.25) is 0 Å². The van der Waals surface area contributed by atoms with Crippen LogP contribution >= 0.6 is 19.9 Å².